The molecule has 0 spiro atoms. The number of hydrogen-bond acceptors (Lipinski definition) is 4. The molecule has 6 nitrogen and oxygen atoms in total. The zero-order chi connectivity index (χ0) is 15.7. The lowest BCUT2D eigenvalue weighted by Crippen LogP contribution is -2.46. The number of carbonyl (C=O) groups excluding carboxylic acids is 1. The fourth-order valence-electron chi connectivity index (χ4n) is 2.73. The number of aliphatic hydroxyl groups excluding tert-OH is 1. The van der Waals surface area contributed by atoms with Crippen molar-refractivity contribution in [3.05, 3.63) is 30.1 Å². The van der Waals surface area contributed by atoms with Gasteiger partial charge < -0.3 is 15.3 Å². The molecule has 1 aliphatic heterocycles. The van der Waals surface area contributed by atoms with Crippen LogP contribution in [0.25, 0.3) is 5.52 Å². The number of amides is 1. The van der Waals surface area contributed by atoms with E-state index in [1.54, 1.807) is 24.6 Å². The minimum absolute atomic E-state index is 0.114. The largest absolute Gasteiger partial charge is 0.394 e. The first-order valence-corrected chi connectivity index (χ1v) is 7.66. The first kappa shape index (κ1) is 14.8. The van der Waals surface area contributed by atoms with Crippen molar-refractivity contribution in [2.75, 3.05) is 24.6 Å². The number of fused-ring (bicyclic) bond motifs is 1. The van der Waals surface area contributed by atoms with Crippen molar-refractivity contribution in [3.63, 3.8) is 0 Å². The molecule has 0 bridgehead atoms. The van der Waals surface area contributed by atoms with Crippen LogP contribution in [0.3, 0.4) is 0 Å². The summed E-state index contributed by atoms with van der Waals surface area (Å²) in [5, 5.41) is 16.4. The van der Waals surface area contributed by atoms with Crippen LogP contribution in [0.15, 0.2) is 24.5 Å². The van der Waals surface area contributed by atoms with E-state index < -0.39 is 5.54 Å². The number of pyridine rings is 1. The van der Waals surface area contributed by atoms with Gasteiger partial charge in [0.15, 0.2) is 0 Å². The van der Waals surface area contributed by atoms with Crippen molar-refractivity contribution in [2.24, 2.45) is 0 Å². The van der Waals surface area contributed by atoms with E-state index in [0.717, 1.165) is 24.3 Å². The summed E-state index contributed by atoms with van der Waals surface area (Å²) in [6, 6.07) is 4.05. The number of aromatic nitrogens is 2. The number of rotatable bonds is 4. The number of nitrogens with zero attached hydrogens (tertiary/aromatic N) is 3. The van der Waals surface area contributed by atoms with Gasteiger partial charge in [-0.15, -0.1) is 0 Å². The Bertz CT molecular complexity index is 687. The highest BCUT2D eigenvalue weighted by atomic mass is 16.3. The highest BCUT2D eigenvalue weighted by Crippen LogP contribution is 2.23. The molecule has 1 aliphatic rings. The fraction of sp³-hybridized carbons (Fsp3) is 0.500. The summed E-state index contributed by atoms with van der Waals surface area (Å²) in [6.45, 7) is 5.57. The van der Waals surface area contributed by atoms with Gasteiger partial charge in [-0.2, -0.15) is 5.10 Å². The molecule has 2 N–H and O–H groups in total. The summed E-state index contributed by atoms with van der Waals surface area (Å²) >= 11 is 0. The van der Waals surface area contributed by atoms with Crippen LogP contribution in [-0.2, 0) is 0 Å². The average Bonchev–Trinajstić information content (AvgIpc) is 3.15. The highest BCUT2D eigenvalue weighted by molar-refractivity contribution is 6.01. The average molecular weight is 302 g/mol. The smallest absolute Gasteiger partial charge is 0.255 e. The van der Waals surface area contributed by atoms with Crippen molar-refractivity contribution in [1.29, 1.82) is 0 Å². The third-order valence-corrected chi connectivity index (χ3v) is 4.07. The Morgan fingerprint density at radius 2 is 2.14 bits per heavy atom. The number of carbonyl (C=O) groups is 1. The molecule has 1 saturated heterocycles. The van der Waals surface area contributed by atoms with Crippen molar-refractivity contribution >= 4 is 17.1 Å². The van der Waals surface area contributed by atoms with Crippen molar-refractivity contribution in [1.82, 2.24) is 14.9 Å². The van der Waals surface area contributed by atoms with Gasteiger partial charge >= 0.3 is 0 Å². The molecular formula is C16H22N4O2. The minimum Gasteiger partial charge on any atom is -0.394 e. The molecule has 2 aromatic heterocycles. The van der Waals surface area contributed by atoms with Gasteiger partial charge in [0.2, 0.25) is 0 Å². The molecule has 0 saturated carbocycles. The molecule has 0 radical (unpaired) electrons. The summed E-state index contributed by atoms with van der Waals surface area (Å²) in [5.74, 6) is -0.215. The van der Waals surface area contributed by atoms with Gasteiger partial charge in [-0.05, 0) is 38.8 Å². The monoisotopic (exact) mass is 302 g/mol. The number of nitrogens with one attached hydrogen (secondary N) is 1. The molecule has 0 aliphatic carbocycles. The van der Waals surface area contributed by atoms with E-state index in [0.29, 0.717) is 5.56 Å². The zero-order valence-corrected chi connectivity index (χ0v) is 13.0. The van der Waals surface area contributed by atoms with Crippen LogP contribution in [0.1, 0.15) is 37.0 Å². The molecule has 2 aromatic rings. The number of aliphatic hydroxyl groups is 1. The second kappa shape index (κ2) is 5.61. The van der Waals surface area contributed by atoms with Gasteiger partial charge in [0.25, 0.3) is 5.91 Å². The van der Waals surface area contributed by atoms with Gasteiger partial charge in [0.05, 0.1) is 29.4 Å². The Balaban J connectivity index is 1.92. The maximum absolute atomic E-state index is 12.4. The Kier molecular flexibility index (Phi) is 3.78. The second-order valence-corrected chi connectivity index (χ2v) is 6.46. The molecule has 22 heavy (non-hydrogen) atoms. The van der Waals surface area contributed by atoms with Crippen LogP contribution in [0.2, 0.25) is 0 Å². The van der Waals surface area contributed by atoms with Crippen LogP contribution in [0, 0.1) is 0 Å². The van der Waals surface area contributed by atoms with Gasteiger partial charge in [-0.1, -0.05) is 0 Å². The maximum Gasteiger partial charge on any atom is 0.255 e. The lowest BCUT2D eigenvalue weighted by atomic mass is 10.1. The Morgan fingerprint density at radius 1 is 1.41 bits per heavy atom. The standard InChI is InChI=1S/C16H22N4O2/c1-16(2,11-21)18-15(22)13-10-17-20-8-5-12(9-14(13)20)19-6-3-4-7-19/h5,8-10,21H,3-4,6-7,11H2,1-2H3,(H,18,22). The predicted octanol–water partition coefficient (Wildman–Crippen LogP) is 1.44. The second-order valence-electron chi connectivity index (χ2n) is 6.46. The molecule has 1 fully saturated rings. The summed E-state index contributed by atoms with van der Waals surface area (Å²) < 4.78 is 1.71. The van der Waals surface area contributed by atoms with Crippen LogP contribution < -0.4 is 10.2 Å². The molecule has 0 aromatic carbocycles. The van der Waals surface area contributed by atoms with Crippen LogP contribution in [0.5, 0.6) is 0 Å². The molecule has 6 heteroatoms. The van der Waals surface area contributed by atoms with Gasteiger partial charge in [0, 0.05) is 25.0 Å². The van der Waals surface area contributed by atoms with Gasteiger partial charge in [0.1, 0.15) is 0 Å². The zero-order valence-electron chi connectivity index (χ0n) is 13.0. The maximum atomic E-state index is 12.4. The van der Waals surface area contributed by atoms with Gasteiger partial charge in [-0.25, -0.2) is 4.52 Å². The molecule has 0 atom stereocenters. The number of hydrogen-bond donors (Lipinski definition) is 2. The third kappa shape index (κ3) is 2.78. The lowest BCUT2D eigenvalue weighted by Gasteiger charge is -2.23. The predicted molar refractivity (Wildman–Crippen MR) is 85.3 cm³/mol. The molecule has 1 amide bonds. The first-order chi connectivity index (χ1) is 10.5. The van der Waals surface area contributed by atoms with E-state index in [1.165, 1.54) is 12.8 Å². The van der Waals surface area contributed by atoms with Crippen molar-refractivity contribution in [3.8, 4) is 0 Å². The third-order valence-electron chi connectivity index (χ3n) is 4.07. The SMILES string of the molecule is CC(C)(CO)NC(=O)c1cnn2ccc(N3CCCC3)cc12. The fourth-order valence-corrected chi connectivity index (χ4v) is 2.73. The van der Waals surface area contributed by atoms with E-state index >= 15 is 0 Å². The summed E-state index contributed by atoms with van der Waals surface area (Å²) in [5.41, 5.74) is 1.79. The lowest BCUT2D eigenvalue weighted by molar-refractivity contribution is 0.0871. The van der Waals surface area contributed by atoms with E-state index in [1.807, 2.05) is 18.3 Å². The van der Waals surface area contributed by atoms with E-state index in [9.17, 15) is 9.90 Å². The van der Waals surface area contributed by atoms with Crippen LogP contribution in [0.4, 0.5) is 5.69 Å². The molecule has 118 valence electrons. The van der Waals surface area contributed by atoms with Crippen LogP contribution in [-0.4, -0.2) is 45.9 Å². The Labute approximate surface area is 129 Å². The van der Waals surface area contributed by atoms with Crippen molar-refractivity contribution in [2.45, 2.75) is 32.2 Å². The topological polar surface area (TPSA) is 69.9 Å². The van der Waals surface area contributed by atoms with E-state index in [2.05, 4.69) is 15.3 Å². The molecular weight excluding hydrogens is 280 g/mol. The Morgan fingerprint density at radius 3 is 2.82 bits per heavy atom. The molecule has 3 heterocycles. The molecule has 3 rings (SSSR count). The molecule has 0 unspecified atom stereocenters. The summed E-state index contributed by atoms with van der Waals surface area (Å²) in [7, 11) is 0. The quantitative estimate of drug-likeness (QED) is 0.896. The van der Waals surface area contributed by atoms with Gasteiger partial charge in [-0.3, -0.25) is 4.79 Å². The Hall–Kier alpha value is -2.08. The van der Waals surface area contributed by atoms with E-state index in [-0.39, 0.29) is 12.5 Å². The highest BCUT2D eigenvalue weighted by Gasteiger charge is 2.23. The normalized spacial score (nSPS) is 15.5. The minimum atomic E-state index is -0.655. The van der Waals surface area contributed by atoms with Crippen molar-refractivity contribution < 1.29 is 9.90 Å². The van der Waals surface area contributed by atoms with Crippen LogP contribution >= 0.6 is 0 Å². The number of anilines is 1. The summed E-state index contributed by atoms with van der Waals surface area (Å²) in [6.07, 6.45) is 5.88. The van der Waals surface area contributed by atoms with E-state index in [4.69, 9.17) is 0 Å². The summed E-state index contributed by atoms with van der Waals surface area (Å²) in [4.78, 5) is 14.8. The first-order valence-electron chi connectivity index (χ1n) is 7.66.